The number of anilines is 1. The standard InChI is InChI=1S/C13H17N5O/c1-9(12-17-15-8-18(12)3)16-13(19)10-6-4-5-7-11(10)14-2/h4-9,14H,1-3H3,(H,16,19). The van der Waals surface area contributed by atoms with E-state index >= 15 is 0 Å². The molecule has 1 atom stereocenters. The molecular formula is C13H17N5O. The minimum atomic E-state index is -0.204. The highest BCUT2D eigenvalue weighted by Gasteiger charge is 2.16. The van der Waals surface area contributed by atoms with E-state index in [1.54, 1.807) is 24.0 Å². The van der Waals surface area contributed by atoms with Crippen LogP contribution in [-0.2, 0) is 7.05 Å². The largest absolute Gasteiger partial charge is 0.387 e. The molecule has 1 amide bonds. The van der Waals surface area contributed by atoms with Gasteiger partial charge in [0.05, 0.1) is 11.6 Å². The molecular weight excluding hydrogens is 242 g/mol. The molecule has 6 nitrogen and oxygen atoms in total. The molecule has 0 fully saturated rings. The number of para-hydroxylation sites is 1. The Morgan fingerprint density at radius 2 is 2.11 bits per heavy atom. The Morgan fingerprint density at radius 3 is 2.74 bits per heavy atom. The van der Waals surface area contributed by atoms with Gasteiger partial charge in [-0.3, -0.25) is 4.79 Å². The average Bonchev–Trinajstić information content (AvgIpc) is 2.85. The van der Waals surface area contributed by atoms with E-state index in [2.05, 4.69) is 20.8 Å². The number of rotatable bonds is 4. The van der Waals surface area contributed by atoms with Crippen LogP contribution in [0.3, 0.4) is 0 Å². The van der Waals surface area contributed by atoms with Gasteiger partial charge in [0.15, 0.2) is 5.82 Å². The van der Waals surface area contributed by atoms with Crippen LogP contribution in [0, 0.1) is 0 Å². The number of aryl methyl sites for hydroxylation is 1. The number of nitrogens with zero attached hydrogens (tertiary/aromatic N) is 3. The second kappa shape index (κ2) is 5.51. The third-order valence-electron chi connectivity index (χ3n) is 2.92. The summed E-state index contributed by atoms with van der Waals surface area (Å²) in [5.74, 6) is 0.579. The van der Waals surface area contributed by atoms with Crippen LogP contribution in [0.25, 0.3) is 0 Å². The maximum Gasteiger partial charge on any atom is 0.253 e. The fourth-order valence-electron chi connectivity index (χ4n) is 1.92. The van der Waals surface area contributed by atoms with Gasteiger partial charge >= 0.3 is 0 Å². The lowest BCUT2D eigenvalue weighted by Gasteiger charge is -2.14. The highest BCUT2D eigenvalue weighted by molar-refractivity contribution is 5.99. The van der Waals surface area contributed by atoms with Crippen molar-refractivity contribution >= 4 is 11.6 Å². The molecule has 2 aromatic rings. The molecule has 1 unspecified atom stereocenters. The van der Waals surface area contributed by atoms with Crippen LogP contribution in [0.5, 0.6) is 0 Å². The van der Waals surface area contributed by atoms with E-state index in [9.17, 15) is 4.79 Å². The molecule has 1 aromatic carbocycles. The van der Waals surface area contributed by atoms with Crippen LogP contribution in [-0.4, -0.2) is 27.7 Å². The number of amides is 1. The van der Waals surface area contributed by atoms with E-state index in [0.29, 0.717) is 5.56 Å². The number of benzene rings is 1. The monoisotopic (exact) mass is 259 g/mol. The molecule has 1 heterocycles. The average molecular weight is 259 g/mol. The van der Waals surface area contributed by atoms with Crippen LogP contribution in [0.2, 0.25) is 0 Å². The zero-order valence-electron chi connectivity index (χ0n) is 11.2. The quantitative estimate of drug-likeness (QED) is 0.869. The van der Waals surface area contributed by atoms with Gasteiger partial charge in [-0.25, -0.2) is 0 Å². The Labute approximate surface area is 111 Å². The smallest absolute Gasteiger partial charge is 0.253 e. The highest BCUT2D eigenvalue weighted by Crippen LogP contribution is 2.16. The molecule has 2 N–H and O–H groups in total. The van der Waals surface area contributed by atoms with Crippen LogP contribution < -0.4 is 10.6 Å². The van der Waals surface area contributed by atoms with Crippen LogP contribution in [0.15, 0.2) is 30.6 Å². The second-order valence-corrected chi connectivity index (χ2v) is 4.29. The summed E-state index contributed by atoms with van der Waals surface area (Å²) in [5.41, 5.74) is 1.41. The van der Waals surface area contributed by atoms with Gasteiger partial charge in [0, 0.05) is 19.8 Å². The molecule has 0 saturated heterocycles. The molecule has 0 aliphatic rings. The predicted molar refractivity (Wildman–Crippen MR) is 72.9 cm³/mol. The summed E-state index contributed by atoms with van der Waals surface area (Å²) < 4.78 is 1.79. The Bertz CT molecular complexity index is 578. The van der Waals surface area contributed by atoms with Crippen molar-refractivity contribution < 1.29 is 4.79 Å². The number of nitrogens with one attached hydrogen (secondary N) is 2. The number of aromatic nitrogens is 3. The number of hydrogen-bond acceptors (Lipinski definition) is 4. The van der Waals surface area contributed by atoms with Crippen molar-refractivity contribution in [3.8, 4) is 0 Å². The molecule has 0 radical (unpaired) electrons. The zero-order chi connectivity index (χ0) is 13.8. The van der Waals surface area contributed by atoms with Gasteiger partial charge in [-0.1, -0.05) is 12.1 Å². The van der Waals surface area contributed by atoms with Crippen molar-refractivity contribution in [2.75, 3.05) is 12.4 Å². The summed E-state index contributed by atoms with van der Waals surface area (Å²) in [7, 11) is 3.64. The summed E-state index contributed by atoms with van der Waals surface area (Å²) in [6, 6.07) is 7.16. The van der Waals surface area contributed by atoms with E-state index in [1.807, 2.05) is 32.2 Å². The summed E-state index contributed by atoms with van der Waals surface area (Å²) in [5, 5.41) is 13.7. The maximum atomic E-state index is 12.2. The number of carbonyl (C=O) groups is 1. The first kappa shape index (κ1) is 13.1. The first-order valence-corrected chi connectivity index (χ1v) is 6.05. The summed E-state index contributed by atoms with van der Waals surface area (Å²) >= 11 is 0. The van der Waals surface area contributed by atoms with Crippen molar-refractivity contribution in [1.82, 2.24) is 20.1 Å². The predicted octanol–water partition coefficient (Wildman–Crippen LogP) is 1.35. The summed E-state index contributed by atoms with van der Waals surface area (Å²) in [4.78, 5) is 12.2. The summed E-state index contributed by atoms with van der Waals surface area (Å²) in [6.07, 6.45) is 1.61. The van der Waals surface area contributed by atoms with E-state index in [4.69, 9.17) is 0 Å². The lowest BCUT2D eigenvalue weighted by atomic mass is 10.1. The molecule has 19 heavy (non-hydrogen) atoms. The van der Waals surface area contributed by atoms with Gasteiger partial charge in [-0.2, -0.15) is 0 Å². The minimum absolute atomic E-state index is 0.138. The van der Waals surface area contributed by atoms with Crippen LogP contribution >= 0.6 is 0 Å². The zero-order valence-corrected chi connectivity index (χ0v) is 11.2. The first-order valence-electron chi connectivity index (χ1n) is 6.05. The molecule has 0 aliphatic heterocycles. The van der Waals surface area contributed by atoms with Crippen molar-refractivity contribution in [1.29, 1.82) is 0 Å². The lowest BCUT2D eigenvalue weighted by Crippen LogP contribution is -2.28. The highest BCUT2D eigenvalue weighted by atomic mass is 16.1. The van der Waals surface area contributed by atoms with Crippen molar-refractivity contribution in [3.05, 3.63) is 42.0 Å². The van der Waals surface area contributed by atoms with E-state index in [1.165, 1.54) is 0 Å². The van der Waals surface area contributed by atoms with Gasteiger partial charge in [0.1, 0.15) is 6.33 Å². The van der Waals surface area contributed by atoms with E-state index < -0.39 is 0 Å². The number of carbonyl (C=O) groups excluding carboxylic acids is 1. The van der Waals surface area contributed by atoms with Gasteiger partial charge < -0.3 is 15.2 Å². The SMILES string of the molecule is CNc1ccccc1C(=O)NC(C)c1nncn1C. The molecule has 0 aliphatic carbocycles. The fourth-order valence-corrected chi connectivity index (χ4v) is 1.92. The summed E-state index contributed by atoms with van der Waals surface area (Å²) in [6.45, 7) is 1.88. The van der Waals surface area contributed by atoms with Crippen molar-refractivity contribution in [3.63, 3.8) is 0 Å². The topological polar surface area (TPSA) is 71.8 Å². The normalized spacial score (nSPS) is 11.9. The molecule has 0 spiro atoms. The Morgan fingerprint density at radius 1 is 1.37 bits per heavy atom. The molecule has 1 aromatic heterocycles. The maximum absolute atomic E-state index is 12.2. The molecule has 0 bridgehead atoms. The minimum Gasteiger partial charge on any atom is -0.387 e. The molecule has 6 heteroatoms. The third kappa shape index (κ3) is 2.73. The first-order chi connectivity index (χ1) is 9.13. The number of hydrogen-bond donors (Lipinski definition) is 2. The lowest BCUT2D eigenvalue weighted by molar-refractivity contribution is 0.0938. The third-order valence-corrected chi connectivity index (χ3v) is 2.92. The van der Waals surface area contributed by atoms with Crippen molar-refractivity contribution in [2.24, 2.45) is 7.05 Å². The van der Waals surface area contributed by atoms with Gasteiger partial charge in [0.2, 0.25) is 0 Å². The van der Waals surface area contributed by atoms with Crippen LogP contribution in [0.1, 0.15) is 29.1 Å². The van der Waals surface area contributed by atoms with Crippen LogP contribution in [0.4, 0.5) is 5.69 Å². The Kier molecular flexibility index (Phi) is 3.79. The van der Waals surface area contributed by atoms with Gasteiger partial charge in [0.25, 0.3) is 5.91 Å². The fraction of sp³-hybridized carbons (Fsp3) is 0.308. The van der Waals surface area contributed by atoms with Gasteiger partial charge in [-0.05, 0) is 19.1 Å². The van der Waals surface area contributed by atoms with Gasteiger partial charge in [-0.15, -0.1) is 10.2 Å². The van der Waals surface area contributed by atoms with E-state index in [0.717, 1.165) is 11.5 Å². The Balaban J connectivity index is 2.15. The van der Waals surface area contributed by atoms with E-state index in [-0.39, 0.29) is 11.9 Å². The second-order valence-electron chi connectivity index (χ2n) is 4.29. The van der Waals surface area contributed by atoms with Crippen molar-refractivity contribution in [2.45, 2.75) is 13.0 Å². The molecule has 2 rings (SSSR count). The Hall–Kier alpha value is -2.37. The molecule has 0 saturated carbocycles. The molecule has 100 valence electrons.